The first kappa shape index (κ1) is 15.1. The average molecular weight is 323 g/mol. The van der Waals surface area contributed by atoms with Gasteiger partial charge in [-0.05, 0) is 35.9 Å². The Morgan fingerprint density at radius 2 is 1.96 bits per heavy atom. The van der Waals surface area contributed by atoms with Crippen molar-refractivity contribution in [2.24, 2.45) is 0 Å². The first-order valence-corrected chi connectivity index (χ1v) is 7.66. The van der Waals surface area contributed by atoms with Crippen LogP contribution in [0.1, 0.15) is 10.4 Å². The Balaban J connectivity index is 1.98. The summed E-state index contributed by atoms with van der Waals surface area (Å²) in [7, 11) is 1.37. The average Bonchev–Trinajstić information content (AvgIpc) is 3.09. The quantitative estimate of drug-likeness (QED) is 0.544. The van der Waals surface area contributed by atoms with Crippen molar-refractivity contribution >= 4 is 29.0 Å². The smallest absolute Gasteiger partial charge is 0.338 e. The Bertz CT molecular complexity index is 829. The normalized spacial score (nSPS) is 11.3. The van der Waals surface area contributed by atoms with Crippen LogP contribution in [0.4, 0.5) is 0 Å². The minimum atomic E-state index is -0.396. The highest BCUT2D eigenvalue weighted by molar-refractivity contribution is 7.15. The molecule has 3 heterocycles. The van der Waals surface area contributed by atoms with Crippen LogP contribution in [0.3, 0.4) is 0 Å². The van der Waals surface area contributed by atoms with Gasteiger partial charge in [0.25, 0.3) is 0 Å². The number of pyridine rings is 2. The first-order valence-electron chi connectivity index (χ1n) is 6.84. The van der Waals surface area contributed by atoms with Crippen LogP contribution in [0.2, 0.25) is 0 Å². The van der Waals surface area contributed by atoms with Crippen molar-refractivity contribution in [3.8, 4) is 10.6 Å². The van der Waals surface area contributed by atoms with Crippen LogP contribution in [0.25, 0.3) is 22.2 Å². The second kappa shape index (κ2) is 6.93. The van der Waals surface area contributed by atoms with Gasteiger partial charge in [0.15, 0.2) is 0 Å². The second-order valence-electron chi connectivity index (χ2n) is 4.59. The molecule has 114 valence electrons. The van der Waals surface area contributed by atoms with Crippen LogP contribution in [0, 0.1) is 0 Å². The van der Waals surface area contributed by atoms with Crippen LogP contribution in [0.5, 0.6) is 0 Å². The molecule has 0 spiro atoms. The van der Waals surface area contributed by atoms with Crippen molar-refractivity contribution in [2.45, 2.75) is 0 Å². The fraction of sp³-hybridized carbons (Fsp3) is 0.0588. The van der Waals surface area contributed by atoms with Crippen molar-refractivity contribution in [3.05, 3.63) is 65.7 Å². The predicted molar refractivity (Wildman–Crippen MR) is 89.5 cm³/mol. The van der Waals surface area contributed by atoms with E-state index >= 15 is 0 Å². The third-order valence-corrected chi connectivity index (χ3v) is 4.11. The number of thiazole rings is 1. The van der Waals surface area contributed by atoms with Gasteiger partial charge in [-0.1, -0.05) is 0 Å². The minimum Gasteiger partial charge on any atom is -0.465 e. The van der Waals surface area contributed by atoms with E-state index in [2.05, 4.69) is 15.0 Å². The molecule has 0 bridgehead atoms. The van der Waals surface area contributed by atoms with Gasteiger partial charge in [-0.3, -0.25) is 9.97 Å². The fourth-order valence-corrected chi connectivity index (χ4v) is 2.87. The highest BCUT2D eigenvalue weighted by Gasteiger charge is 2.13. The summed E-state index contributed by atoms with van der Waals surface area (Å²) in [5.41, 5.74) is 2.17. The zero-order valence-electron chi connectivity index (χ0n) is 12.3. The summed E-state index contributed by atoms with van der Waals surface area (Å²) in [4.78, 5) is 25.4. The van der Waals surface area contributed by atoms with Gasteiger partial charge in [0, 0.05) is 41.4 Å². The van der Waals surface area contributed by atoms with Crippen molar-refractivity contribution in [1.29, 1.82) is 0 Å². The van der Waals surface area contributed by atoms with E-state index in [0.717, 1.165) is 21.0 Å². The Labute approximate surface area is 137 Å². The number of methoxy groups -OCH3 is 1. The SMILES string of the molecule is COC(=O)/C(=C\c1cnc(-c2cccnc2)s1)c1ccncc1. The first-order chi connectivity index (χ1) is 11.3. The van der Waals surface area contributed by atoms with Crippen LogP contribution in [-0.4, -0.2) is 28.0 Å². The van der Waals surface area contributed by atoms with Gasteiger partial charge < -0.3 is 4.74 Å². The zero-order chi connectivity index (χ0) is 16.1. The molecule has 0 aliphatic heterocycles. The Kier molecular flexibility index (Phi) is 4.54. The number of ether oxygens (including phenoxy) is 1. The number of carbonyl (C=O) groups excluding carboxylic acids is 1. The van der Waals surface area contributed by atoms with Gasteiger partial charge in [-0.15, -0.1) is 11.3 Å². The Morgan fingerprint density at radius 3 is 2.65 bits per heavy atom. The van der Waals surface area contributed by atoms with Gasteiger partial charge in [0.05, 0.1) is 12.7 Å². The molecule has 0 saturated heterocycles. The van der Waals surface area contributed by atoms with Crippen LogP contribution in [0.15, 0.2) is 55.2 Å². The monoisotopic (exact) mass is 323 g/mol. The number of aromatic nitrogens is 3. The third-order valence-electron chi connectivity index (χ3n) is 3.12. The molecule has 0 saturated carbocycles. The maximum atomic E-state index is 12.1. The van der Waals surface area contributed by atoms with Gasteiger partial charge in [0.2, 0.25) is 0 Å². The number of carbonyl (C=O) groups is 1. The lowest BCUT2D eigenvalue weighted by Gasteiger charge is -2.04. The second-order valence-corrected chi connectivity index (χ2v) is 5.66. The van der Waals surface area contributed by atoms with Gasteiger partial charge in [-0.25, -0.2) is 9.78 Å². The molecule has 0 unspecified atom stereocenters. The Hall–Kier alpha value is -2.86. The third kappa shape index (κ3) is 3.49. The highest BCUT2D eigenvalue weighted by Crippen LogP contribution is 2.28. The summed E-state index contributed by atoms with van der Waals surface area (Å²) in [5.74, 6) is -0.396. The molecule has 5 nitrogen and oxygen atoms in total. The fourth-order valence-electron chi connectivity index (χ4n) is 2.02. The summed E-state index contributed by atoms with van der Waals surface area (Å²) in [6.45, 7) is 0. The number of nitrogens with zero attached hydrogens (tertiary/aromatic N) is 3. The zero-order valence-corrected chi connectivity index (χ0v) is 13.2. The Morgan fingerprint density at radius 1 is 1.13 bits per heavy atom. The van der Waals surface area contributed by atoms with E-state index < -0.39 is 5.97 Å². The van der Waals surface area contributed by atoms with E-state index in [4.69, 9.17) is 4.74 Å². The van der Waals surface area contributed by atoms with Crippen molar-refractivity contribution < 1.29 is 9.53 Å². The summed E-state index contributed by atoms with van der Waals surface area (Å²) in [5, 5.41) is 0.850. The molecular weight excluding hydrogens is 310 g/mol. The summed E-state index contributed by atoms with van der Waals surface area (Å²) in [6.07, 6.45) is 10.3. The topological polar surface area (TPSA) is 65.0 Å². The lowest BCUT2D eigenvalue weighted by atomic mass is 10.1. The molecule has 0 amide bonds. The molecule has 0 fully saturated rings. The molecular formula is C17H13N3O2S. The molecule has 6 heteroatoms. The lowest BCUT2D eigenvalue weighted by molar-refractivity contribution is -0.133. The number of rotatable bonds is 4. The van der Waals surface area contributed by atoms with Crippen molar-refractivity contribution in [3.63, 3.8) is 0 Å². The van der Waals surface area contributed by atoms with E-state index in [9.17, 15) is 4.79 Å². The maximum absolute atomic E-state index is 12.1. The molecule has 0 atom stereocenters. The molecule has 3 rings (SSSR count). The molecule has 0 N–H and O–H groups in total. The summed E-state index contributed by atoms with van der Waals surface area (Å²) in [6, 6.07) is 7.35. The van der Waals surface area contributed by atoms with E-state index in [0.29, 0.717) is 5.57 Å². The summed E-state index contributed by atoms with van der Waals surface area (Å²) < 4.78 is 4.88. The maximum Gasteiger partial charge on any atom is 0.338 e. The van der Waals surface area contributed by atoms with Gasteiger partial charge in [-0.2, -0.15) is 0 Å². The van der Waals surface area contributed by atoms with E-state index in [1.165, 1.54) is 18.4 Å². The minimum absolute atomic E-state index is 0.396. The van der Waals surface area contributed by atoms with E-state index in [-0.39, 0.29) is 0 Å². The molecule has 0 aromatic carbocycles. The lowest BCUT2D eigenvalue weighted by Crippen LogP contribution is -2.03. The standard InChI is InChI=1S/C17H13N3O2S/c1-22-17(21)15(12-4-7-18-8-5-12)9-14-11-20-16(23-14)13-3-2-6-19-10-13/h2-11H,1H3/b15-9-. The van der Waals surface area contributed by atoms with Gasteiger partial charge >= 0.3 is 5.97 Å². The van der Waals surface area contributed by atoms with Crippen LogP contribution in [-0.2, 0) is 9.53 Å². The molecule has 0 aliphatic rings. The number of hydrogen-bond acceptors (Lipinski definition) is 6. The van der Waals surface area contributed by atoms with E-state index in [1.54, 1.807) is 49.2 Å². The van der Waals surface area contributed by atoms with Crippen LogP contribution < -0.4 is 0 Å². The number of hydrogen-bond donors (Lipinski definition) is 0. The largest absolute Gasteiger partial charge is 0.465 e. The van der Waals surface area contributed by atoms with Crippen molar-refractivity contribution in [1.82, 2.24) is 15.0 Å². The van der Waals surface area contributed by atoms with Gasteiger partial charge in [0.1, 0.15) is 5.01 Å². The molecule has 3 aromatic heterocycles. The highest BCUT2D eigenvalue weighted by atomic mass is 32.1. The summed E-state index contributed by atoms with van der Waals surface area (Å²) >= 11 is 1.49. The van der Waals surface area contributed by atoms with Crippen molar-refractivity contribution in [2.75, 3.05) is 7.11 Å². The van der Waals surface area contributed by atoms with Crippen LogP contribution >= 0.6 is 11.3 Å². The van der Waals surface area contributed by atoms with E-state index in [1.807, 2.05) is 12.1 Å². The predicted octanol–water partition coefficient (Wildman–Crippen LogP) is 3.31. The molecule has 23 heavy (non-hydrogen) atoms. The molecule has 0 radical (unpaired) electrons. The molecule has 3 aromatic rings. The number of esters is 1. The molecule has 0 aliphatic carbocycles.